The molecule has 2 aromatic heterocycles. The maximum Gasteiger partial charge on any atom is 0.116 e. The summed E-state index contributed by atoms with van der Waals surface area (Å²) in [6.07, 6.45) is 7.55. The molecule has 1 atom stereocenters. The molecule has 0 unspecified atom stereocenters. The topological polar surface area (TPSA) is 76.7 Å². The molecule has 6 heteroatoms. The van der Waals surface area contributed by atoms with Gasteiger partial charge in [0.05, 0.1) is 18.8 Å². The van der Waals surface area contributed by atoms with E-state index in [2.05, 4.69) is 34.1 Å². The van der Waals surface area contributed by atoms with Crippen molar-refractivity contribution in [1.82, 2.24) is 25.0 Å². The van der Waals surface area contributed by atoms with Gasteiger partial charge >= 0.3 is 0 Å². The molecule has 0 radical (unpaired) electrons. The second kappa shape index (κ2) is 5.68. The Morgan fingerprint density at radius 2 is 2.00 bits per heavy atom. The zero-order valence-corrected chi connectivity index (χ0v) is 10.6. The van der Waals surface area contributed by atoms with Gasteiger partial charge in [-0.15, -0.1) is 5.10 Å². The molecule has 18 heavy (non-hydrogen) atoms. The van der Waals surface area contributed by atoms with E-state index in [9.17, 15) is 5.11 Å². The van der Waals surface area contributed by atoms with Crippen LogP contribution in [0.1, 0.15) is 26.3 Å². The van der Waals surface area contributed by atoms with E-state index in [0.29, 0.717) is 5.92 Å². The lowest BCUT2D eigenvalue weighted by Gasteiger charge is -2.15. The molecular formula is C12H17N5O. The highest BCUT2D eigenvalue weighted by atomic mass is 16.3. The Labute approximate surface area is 106 Å². The molecular weight excluding hydrogens is 230 g/mol. The van der Waals surface area contributed by atoms with Gasteiger partial charge in [0, 0.05) is 18.0 Å². The van der Waals surface area contributed by atoms with Gasteiger partial charge in [0.1, 0.15) is 12.0 Å². The predicted octanol–water partition coefficient (Wildman–Crippen LogP) is 1.31. The first-order valence-corrected chi connectivity index (χ1v) is 5.98. The fraction of sp³-hybridized carbons (Fsp3) is 0.500. The molecule has 0 aromatic carbocycles. The van der Waals surface area contributed by atoms with E-state index < -0.39 is 0 Å². The van der Waals surface area contributed by atoms with E-state index in [0.717, 1.165) is 17.7 Å². The van der Waals surface area contributed by atoms with Gasteiger partial charge in [-0.1, -0.05) is 19.1 Å². The van der Waals surface area contributed by atoms with Gasteiger partial charge in [0.25, 0.3) is 0 Å². The zero-order chi connectivity index (χ0) is 13.0. The van der Waals surface area contributed by atoms with Gasteiger partial charge < -0.3 is 5.11 Å². The van der Waals surface area contributed by atoms with Crippen LogP contribution < -0.4 is 0 Å². The van der Waals surface area contributed by atoms with Gasteiger partial charge in [-0.3, -0.25) is 0 Å². The van der Waals surface area contributed by atoms with Crippen LogP contribution >= 0.6 is 0 Å². The summed E-state index contributed by atoms with van der Waals surface area (Å²) in [6, 6.07) is -0.0316. The highest BCUT2D eigenvalue weighted by Crippen LogP contribution is 2.19. The fourth-order valence-electron chi connectivity index (χ4n) is 1.83. The third-order valence-electron chi connectivity index (χ3n) is 2.69. The van der Waals surface area contributed by atoms with Gasteiger partial charge in [-0.25, -0.2) is 14.6 Å². The number of hydrogen-bond donors (Lipinski definition) is 1. The molecule has 0 spiro atoms. The van der Waals surface area contributed by atoms with Crippen molar-refractivity contribution in [3.63, 3.8) is 0 Å². The van der Waals surface area contributed by atoms with Crippen LogP contribution in [0.4, 0.5) is 0 Å². The minimum atomic E-state index is -0.0316. The van der Waals surface area contributed by atoms with Gasteiger partial charge in [-0.2, -0.15) is 0 Å². The van der Waals surface area contributed by atoms with E-state index in [-0.39, 0.29) is 12.6 Å². The summed E-state index contributed by atoms with van der Waals surface area (Å²) in [5, 5.41) is 17.5. The summed E-state index contributed by atoms with van der Waals surface area (Å²) >= 11 is 0. The summed E-state index contributed by atoms with van der Waals surface area (Å²) in [6.45, 7) is 4.29. The first kappa shape index (κ1) is 12.6. The van der Waals surface area contributed by atoms with Crippen LogP contribution in [0, 0.1) is 5.92 Å². The van der Waals surface area contributed by atoms with Gasteiger partial charge in [0.2, 0.25) is 0 Å². The molecule has 0 saturated carbocycles. The molecule has 96 valence electrons. The third-order valence-corrected chi connectivity index (χ3v) is 2.69. The van der Waals surface area contributed by atoms with Crippen LogP contribution in [0.15, 0.2) is 24.9 Å². The summed E-state index contributed by atoms with van der Waals surface area (Å²) < 4.78 is 1.71. The highest BCUT2D eigenvalue weighted by Gasteiger charge is 2.14. The average molecular weight is 247 g/mol. The van der Waals surface area contributed by atoms with E-state index in [1.807, 2.05) is 6.20 Å². The Hall–Kier alpha value is -1.82. The van der Waals surface area contributed by atoms with Crippen molar-refractivity contribution >= 4 is 0 Å². The molecule has 0 bridgehead atoms. The molecule has 0 aliphatic carbocycles. The minimum Gasteiger partial charge on any atom is -0.394 e. The quantitative estimate of drug-likeness (QED) is 0.862. The smallest absolute Gasteiger partial charge is 0.116 e. The van der Waals surface area contributed by atoms with Crippen LogP contribution in [0.5, 0.6) is 0 Å². The number of aliphatic hydroxyl groups is 1. The van der Waals surface area contributed by atoms with Gasteiger partial charge in [0.15, 0.2) is 0 Å². The molecule has 2 rings (SSSR count). The van der Waals surface area contributed by atoms with Crippen molar-refractivity contribution in [1.29, 1.82) is 0 Å². The second-order valence-electron chi connectivity index (χ2n) is 4.68. The zero-order valence-electron chi connectivity index (χ0n) is 10.6. The lowest BCUT2D eigenvalue weighted by atomic mass is 10.0. The Balaban J connectivity index is 2.19. The van der Waals surface area contributed by atoms with E-state index >= 15 is 0 Å². The molecule has 0 amide bonds. The van der Waals surface area contributed by atoms with E-state index in [1.165, 1.54) is 6.33 Å². The second-order valence-corrected chi connectivity index (χ2v) is 4.68. The lowest BCUT2D eigenvalue weighted by Crippen LogP contribution is -2.16. The summed E-state index contributed by atoms with van der Waals surface area (Å²) in [5.41, 5.74) is 1.54. The molecule has 0 fully saturated rings. The summed E-state index contributed by atoms with van der Waals surface area (Å²) in [7, 11) is 0. The average Bonchev–Trinajstić information content (AvgIpc) is 2.86. The Kier molecular flexibility index (Phi) is 3.99. The van der Waals surface area contributed by atoms with Crippen LogP contribution in [-0.2, 0) is 0 Å². The number of aromatic nitrogens is 5. The maximum atomic E-state index is 9.39. The molecule has 1 N–H and O–H groups in total. The standard InChI is InChI=1S/C12H17N5O/c1-9(2)3-11(7-18)17-6-12(15-16-17)10-4-13-8-14-5-10/h4-6,8-9,11,18H,3,7H2,1-2H3/t11-/m0/s1. The minimum absolute atomic E-state index is 0.0316. The van der Waals surface area contributed by atoms with Crippen molar-refractivity contribution in [2.24, 2.45) is 5.92 Å². The summed E-state index contributed by atoms with van der Waals surface area (Å²) in [4.78, 5) is 7.89. The molecule has 0 saturated heterocycles. The van der Waals surface area contributed by atoms with Crippen LogP contribution in [0.2, 0.25) is 0 Å². The SMILES string of the molecule is CC(C)C[C@@H](CO)n1cc(-c2cncnc2)nn1. The normalized spacial score (nSPS) is 12.9. The van der Waals surface area contributed by atoms with Crippen LogP contribution in [-0.4, -0.2) is 36.7 Å². The Morgan fingerprint density at radius 1 is 1.28 bits per heavy atom. The number of hydrogen-bond acceptors (Lipinski definition) is 5. The summed E-state index contributed by atoms with van der Waals surface area (Å²) in [5.74, 6) is 0.495. The number of aliphatic hydroxyl groups excluding tert-OH is 1. The molecule has 2 heterocycles. The third kappa shape index (κ3) is 2.89. The number of nitrogens with zero attached hydrogens (tertiary/aromatic N) is 5. The van der Waals surface area contributed by atoms with Crippen molar-refractivity contribution < 1.29 is 5.11 Å². The monoisotopic (exact) mass is 247 g/mol. The molecule has 6 nitrogen and oxygen atoms in total. The van der Waals surface area contributed by atoms with Crippen molar-refractivity contribution in [2.75, 3.05) is 6.61 Å². The number of rotatable bonds is 5. The lowest BCUT2D eigenvalue weighted by molar-refractivity contribution is 0.196. The Bertz CT molecular complexity index is 482. The van der Waals surface area contributed by atoms with E-state index in [4.69, 9.17) is 0 Å². The first-order valence-electron chi connectivity index (χ1n) is 5.98. The van der Waals surface area contributed by atoms with Gasteiger partial charge in [-0.05, 0) is 12.3 Å². The maximum absolute atomic E-state index is 9.39. The molecule has 2 aromatic rings. The van der Waals surface area contributed by atoms with Crippen LogP contribution in [0.3, 0.4) is 0 Å². The van der Waals surface area contributed by atoms with Crippen molar-refractivity contribution in [2.45, 2.75) is 26.3 Å². The Morgan fingerprint density at radius 3 is 2.61 bits per heavy atom. The predicted molar refractivity (Wildman–Crippen MR) is 66.6 cm³/mol. The van der Waals surface area contributed by atoms with Crippen molar-refractivity contribution in [3.8, 4) is 11.3 Å². The molecule has 0 aliphatic rings. The first-order chi connectivity index (χ1) is 8.70. The fourth-order valence-corrected chi connectivity index (χ4v) is 1.83. The van der Waals surface area contributed by atoms with Crippen molar-refractivity contribution in [3.05, 3.63) is 24.9 Å². The van der Waals surface area contributed by atoms with E-state index in [1.54, 1.807) is 17.1 Å². The van der Waals surface area contributed by atoms with Crippen LogP contribution in [0.25, 0.3) is 11.3 Å². The molecule has 0 aliphatic heterocycles. The largest absolute Gasteiger partial charge is 0.394 e. The highest BCUT2D eigenvalue weighted by molar-refractivity contribution is 5.54.